The van der Waals surface area contributed by atoms with Gasteiger partial charge in [0.1, 0.15) is 5.75 Å². The number of aryl methyl sites for hydroxylation is 1. The normalized spacial score (nSPS) is 17.5. The van der Waals surface area contributed by atoms with Crippen molar-refractivity contribution in [3.63, 3.8) is 0 Å². The number of hydrogen-bond acceptors (Lipinski definition) is 4. The first-order valence-electron chi connectivity index (χ1n) is 8.68. The third kappa shape index (κ3) is 3.92. The molecule has 7 heteroatoms. The van der Waals surface area contributed by atoms with E-state index in [0.717, 1.165) is 17.7 Å². The molecule has 0 spiro atoms. The molecule has 2 saturated heterocycles. The van der Waals surface area contributed by atoms with Crippen LogP contribution in [0.15, 0.2) is 24.3 Å². The Morgan fingerprint density at radius 1 is 1.24 bits per heavy atom. The van der Waals surface area contributed by atoms with Gasteiger partial charge in [-0.3, -0.25) is 14.5 Å². The lowest BCUT2D eigenvalue weighted by atomic mass is 10.0. The van der Waals surface area contributed by atoms with Crippen molar-refractivity contribution in [2.24, 2.45) is 0 Å². The van der Waals surface area contributed by atoms with Gasteiger partial charge in [-0.1, -0.05) is 19.1 Å². The number of imide groups is 1. The Morgan fingerprint density at radius 3 is 2.56 bits per heavy atom. The second-order valence-corrected chi connectivity index (χ2v) is 6.37. The molecule has 0 bridgehead atoms. The molecule has 0 aliphatic carbocycles. The van der Waals surface area contributed by atoms with E-state index in [1.54, 1.807) is 4.90 Å². The molecule has 0 atom stereocenters. The second kappa shape index (κ2) is 7.55. The van der Waals surface area contributed by atoms with Crippen molar-refractivity contribution in [2.75, 3.05) is 26.2 Å². The fourth-order valence-corrected chi connectivity index (χ4v) is 3.01. The zero-order valence-electron chi connectivity index (χ0n) is 14.4. The molecule has 3 rings (SSSR count). The Balaban J connectivity index is 1.42. The molecule has 1 N–H and O–H groups in total. The maximum atomic E-state index is 12.2. The minimum absolute atomic E-state index is 0.0506. The van der Waals surface area contributed by atoms with Crippen LogP contribution in [0.1, 0.15) is 25.3 Å². The number of benzene rings is 1. The van der Waals surface area contributed by atoms with E-state index in [4.69, 9.17) is 4.74 Å². The molecule has 2 heterocycles. The number of urea groups is 1. The maximum Gasteiger partial charge on any atom is 0.324 e. The average Bonchev–Trinajstić information content (AvgIpc) is 2.90. The van der Waals surface area contributed by atoms with Gasteiger partial charge in [-0.05, 0) is 30.5 Å². The summed E-state index contributed by atoms with van der Waals surface area (Å²) in [6, 6.07) is 7.26. The van der Waals surface area contributed by atoms with Crippen molar-refractivity contribution in [3.8, 4) is 5.75 Å². The molecule has 25 heavy (non-hydrogen) atoms. The summed E-state index contributed by atoms with van der Waals surface area (Å²) in [5.74, 6) is 0.679. The number of hydrogen-bond donors (Lipinski definition) is 1. The Labute approximate surface area is 146 Å². The summed E-state index contributed by atoms with van der Waals surface area (Å²) in [6.45, 7) is 3.68. The summed E-state index contributed by atoms with van der Waals surface area (Å²) in [5, 5.41) is 2.50. The molecule has 2 aliphatic heterocycles. The molecule has 4 amide bonds. The lowest BCUT2D eigenvalue weighted by Gasteiger charge is -2.42. The van der Waals surface area contributed by atoms with E-state index in [2.05, 4.69) is 12.2 Å². The number of nitrogens with one attached hydrogen (secondary N) is 1. The standard InChI is InChI=1S/C18H23N3O4/c1-2-9-25-15-6-3-13(4-7-15)5-8-16(22)20-11-14(12-20)21-17(23)10-19-18(21)24/h3-4,6-7,14H,2,5,8-12H2,1H3,(H,19,24). The number of ether oxygens (including phenoxy) is 1. The van der Waals surface area contributed by atoms with Crippen LogP contribution < -0.4 is 10.1 Å². The fourth-order valence-electron chi connectivity index (χ4n) is 3.01. The van der Waals surface area contributed by atoms with Gasteiger partial charge in [0.15, 0.2) is 0 Å². The third-order valence-electron chi connectivity index (χ3n) is 4.48. The summed E-state index contributed by atoms with van der Waals surface area (Å²) in [5.41, 5.74) is 1.09. The number of rotatable bonds is 7. The van der Waals surface area contributed by atoms with Crippen molar-refractivity contribution < 1.29 is 19.1 Å². The van der Waals surface area contributed by atoms with Crippen molar-refractivity contribution in [2.45, 2.75) is 32.2 Å². The largest absolute Gasteiger partial charge is 0.494 e. The van der Waals surface area contributed by atoms with Crippen molar-refractivity contribution in [3.05, 3.63) is 29.8 Å². The van der Waals surface area contributed by atoms with Gasteiger partial charge in [-0.2, -0.15) is 0 Å². The Bertz CT molecular complexity index is 637. The van der Waals surface area contributed by atoms with Gasteiger partial charge in [-0.25, -0.2) is 4.79 Å². The number of carbonyl (C=O) groups excluding carboxylic acids is 3. The molecular formula is C18H23N3O4. The molecule has 2 aliphatic rings. The highest BCUT2D eigenvalue weighted by molar-refractivity contribution is 6.02. The Hall–Kier alpha value is -2.57. The number of carbonyl (C=O) groups is 3. The van der Waals surface area contributed by atoms with E-state index in [0.29, 0.717) is 32.5 Å². The van der Waals surface area contributed by atoms with Gasteiger partial charge in [0.25, 0.3) is 0 Å². The van der Waals surface area contributed by atoms with E-state index in [-0.39, 0.29) is 30.4 Å². The molecule has 1 aromatic carbocycles. The summed E-state index contributed by atoms with van der Waals surface area (Å²) in [4.78, 5) is 38.4. The lowest BCUT2D eigenvalue weighted by molar-refractivity contribution is -0.142. The summed E-state index contributed by atoms with van der Waals surface area (Å²) in [6.07, 6.45) is 2.05. The minimum Gasteiger partial charge on any atom is -0.494 e. The van der Waals surface area contributed by atoms with Crippen molar-refractivity contribution >= 4 is 17.8 Å². The smallest absolute Gasteiger partial charge is 0.324 e. The number of nitrogens with zero attached hydrogens (tertiary/aromatic N) is 2. The van der Waals surface area contributed by atoms with Gasteiger partial charge in [-0.15, -0.1) is 0 Å². The van der Waals surface area contributed by atoms with Gasteiger partial charge in [0.05, 0.1) is 19.2 Å². The Morgan fingerprint density at radius 2 is 1.96 bits per heavy atom. The molecule has 2 fully saturated rings. The highest BCUT2D eigenvalue weighted by Crippen LogP contribution is 2.20. The third-order valence-corrected chi connectivity index (χ3v) is 4.48. The average molecular weight is 345 g/mol. The van der Waals surface area contributed by atoms with E-state index < -0.39 is 0 Å². The van der Waals surface area contributed by atoms with Crippen molar-refractivity contribution in [1.29, 1.82) is 0 Å². The van der Waals surface area contributed by atoms with E-state index >= 15 is 0 Å². The molecule has 0 radical (unpaired) electrons. The van der Waals surface area contributed by atoms with Crippen LogP contribution in [0.5, 0.6) is 5.75 Å². The first kappa shape index (κ1) is 17.3. The zero-order chi connectivity index (χ0) is 17.8. The highest BCUT2D eigenvalue weighted by atomic mass is 16.5. The van der Waals surface area contributed by atoms with Crippen LogP contribution in [0.3, 0.4) is 0 Å². The van der Waals surface area contributed by atoms with Crippen molar-refractivity contribution in [1.82, 2.24) is 15.1 Å². The minimum atomic E-state index is -0.354. The molecule has 0 unspecified atom stereocenters. The molecular weight excluding hydrogens is 322 g/mol. The van der Waals surface area contributed by atoms with Crippen LogP contribution in [-0.2, 0) is 16.0 Å². The van der Waals surface area contributed by atoms with Crippen LogP contribution in [-0.4, -0.2) is 59.9 Å². The fraction of sp³-hybridized carbons (Fsp3) is 0.500. The maximum absolute atomic E-state index is 12.2. The van der Waals surface area contributed by atoms with E-state index in [1.165, 1.54) is 4.90 Å². The summed E-state index contributed by atoms with van der Waals surface area (Å²) in [7, 11) is 0. The van der Waals surface area contributed by atoms with Gasteiger partial charge < -0.3 is 15.0 Å². The zero-order valence-corrected chi connectivity index (χ0v) is 14.4. The van der Waals surface area contributed by atoms with Crippen LogP contribution in [0.25, 0.3) is 0 Å². The SMILES string of the molecule is CCCOc1ccc(CCC(=O)N2CC(N3C(=O)CNC3=O)C2)cc1. The van der Waals surface area contributed by atoms with Gasteiger partial charge >= 0.3 is 6.03 Å². The number of amides is 4. The monoisotopic (exact) mass is 345 g/mol. The van der Waals surface area contributed by atoms with Gasteiger partial charge in [0, 0.05) is 19.5 Å². The first-order valence-corrected chi connectivity index (χ1v) is 8.68. The quantitative estimate of drug-likeness (QED) is 0.753. The van der Waals surface area contributed by atoms with E-state index in [9.17, 15) is 14.4 Å². The lowest BCUT2D eigenvalue weighted by Crippen LogP contribution is -2.62. The molecule has 0 aromatic heterocycles. The van der Waals surface area contributed by atoms with Crippen LogP contribution >= 0.6 is 0 Å². The second-order valence-electron chi connectivity index (χ2n) is 6.37. The number of likely N-dealkylation sites (tertiary alicyclic amines) is 1. The van der Waals surface area contributed by atoms with Crippen LogP contribution in [0.2, 0.25) is 0 Å². The van der Waals surface area contributed by atoms with Gasteiger partial charge in [0.2, 0.25) is 11.8 Å². The molecule has 0 saturated carbocycles. The van der Waals surface area contributed by atoms with Crippen LogP contribution in [0.4, 0.5) is 4.79 Å². The molecule has 1 aromatic rings. The highest BCUT2D eigenvalue weighted by Gasteiger charge is 2.42. The topological polar surface area (TPSA) is 79.0 Å². The molecule has 7 nitrogen and oxygen atoms in total. The van der Waals surface area contributed by atoms with E-state index in [1.807, 2.05) is 24.3 Å². The van der Waals surface area contributed by atoms with Crippen LogP contribution in [0, 0.1) is 0 Å². The molecule has 134 valence electrons. The predicted octanol–water partition coefficient (Wildman–Crippen LogP) is 1.17. The summed E-state index contributed by atoms with van der Waals surface area (Å²) < 4.78 is 5.54. The summed E-state index contributed by atoms with van der Waals surface area (Å²) >= 11 is 0. The first-order chi connectivity index (χ1) is 12.1. The predicted molar refractivity (Wildman–Crippen MR) is 91.2 cm³/mol. The Kier molecular flexibility index (Phi) is 5.21.